The Morgan fingerprint density at radius 3 is 2.85 bits per heavy atom. The van der Waals surface area contributed by atoms with Gasteiger partial charge in [-0.05, 0) is 30.4 Å². The third-order valence-corrected chi connectivity index (χ3v) is 2.47. The molecule has 68 valence electrons. The van der Waals surface area contributed by atoms with Gasteiger partial charge in [-0.25, -0.2) is 4.79 Å². The first-order valence-electron chi connectivity index (χ1n) is 4.33. The molecule has 0 atom stereocenters. The SMILES string of the molecule is O=C(O)c1cc(C2CCC2)cnn1. The first-order chi connectivity index (χ1) is 6.27. The van der Waals surface area contributed by atoms with Gasteiger partial charge in [-0.3, -0.25) is 0 Å². The van der Waals surface area contributed by atoms with Crippen molar-refractivity contribution in [2.75, 3.05) is 0 Å². The second-order valence-corrected chi connectivity index (χ2v) is 3.31. The monoisotopic (exact) mass is 178 g/mol. The average Bonchev–Trinajstić information content (AvgIpc) is 2.01. The van der Waals surface area contributed by atoms with Crippen LogP contribution in [0.4, 0.5) is 0 Å². The van der Waals surface area contributed by atoms with Crippen LogP contribution in [-0.4, -0.2) is 21.3 Å². The molecule has 0 saturated heterocycles. The molecule has 0 amide bonds. The summed E-state index contributed by atoms with van der Waals surface area (Å²) in [4.78, 5) is 10.6. The van der Waals surface area contributed by atoms with E-state index < -0.39 is 5.97 Å². The van der Waals surface area contributed by atoms with Crippen LogP contribution < -0.4 is 0 Å². The number of rotatable bonds is 2. The lowest BCUT2D eigenvalue weighted by atomic mass is 9.81. The molecule has 1 aromatic rings. The fourth-order valence-electron chi connectivity index (χ4n) is 1.45. The summed E-state index contributed by atoms with van der Waals surface area (Å²) in [6, 6.07) is 1.62. The van der Waals surface area contributed by atoms with Crippen LogP contribution in [0.15, 0.2) is 12.3 Å². The molecule has 1 N–H and O–H groups in total. The van der Waals surface area contributed by atoms with Crippen molar-refractivity contribution in [3.05, 3.63) is 23.5 Å². The Labute approximate surface area is 75.6 Å². The Morgan fingerprint density at radius 1 is 1.54 bits per heavy atom. The van der Waals surface area contributed by atoms with Crippen molar-refractivity contribution in [1.29, 1.82) is 0 Å². The van der Waals surface area contributed by atoms with Crippen LogP contribution in [0.1, 0.15) is 41.2 Å². The van der Waals surface area contributed by atoms with Crippen LogP contribution in [0.3, 0.4) is 0 Å². The first kappa shape index (κ1) is 8.16. The number of hydrogen-bond acceptors (Lipinski definition) is 3. The second kappa shape index (κ2) is 3.12. The molecule has 4 nitrogen and oxygen atoms in total. The standard InChI is InChI=1S/C9H10N2O2/c12-9(13)8-4-7(5-10-11-8)6-2-1-3-6/h4-6H,1-3H2,(H,12,13). The molecule has 1 aliphatic rings. The van der Waals surface area contributed by atoms with Crippen molar-refractivity contribution in [2.45, 2.75) is 25.2 Å². The summed E-state index contributed by atoms with van der Waals surface area (Å²) in [6.45, 7) is 0. The predicted molar refractivity (Wildman–Crippen MR) is 45.6 cm³/mol. The number of aromatic nitrogens is 2. The van der Waals surface area contributed by atoms with Crippen LogP contribution in [0.5, 0.6) is 0 Å². The highest BCUT2D eigenvalue weighted by molar-refractivity contribution is 5.85. The number of aromatic carboxylic acids is 1. The van der Waals surface area contributed by atoms with Crippen LogP contribution in [-0.2, 0) is 0 Å². The molecular formula is C9H10N2O2. The highest BCUT2D eigenvalue weighted by atomic mass is 16.4. The maximum absolute atomic E-state index is 10.6. The average molecular weight is 178 g/mol. The van der Waals surface area contributed by atoms with E-state index in [4.69, 9.17) is 5.11 Å². The quantitative estimate of drug-likeness (QED) is 0.744. The van der Waals surface area contributed by atoms with E-state index in [1.807, 2.05) is 0 Å². The molecule has 4 heteroatoms. The molecule has 0 radical (unpaired) electrons. The molecule has 0 unspecified atom stereocenters. The molecule has 0 aliphatic heterocycles. The molecule has 13 heavy (non-hydrogen) atoms. The lowest BCUT2D eigenvalue weighted by molar-refractivity contribution is 0.0689. The third-order valence-electron chi connectivity index (χ3n) is 2.47. The minimum Gasteiger partial charge on any atom is -0.476 e. The minimum atomic E-state index is -1.01. The molecular weight excluding hydrogens is 168 g/mol. The second-order valence-electron chi connectivity index (χ2n) is 3.31. The minimum absolute atomic E-state index is 0.0457. The smallest absolute Gasteiger partial charge is 0.356 e. The number of hydrogen-bond donors (Lipinski definition) is 1. The van der Waals surface area contributed by atoms with Crippen LogP contribution in [0, 0.1) is 0 Å². The molecule has 1 fully saturated rings. The van der Waals surface area contributed by atoms with E-state index in [-0.39, 0.29) is 5.69 Å². The van der Waals surface area contributed by atoms with E-state index in [1.165, 1.54) is 6.42 Å². The van der Waals surface area contributed by atoms with E-state index in [0.29, 0.717) is 5.92 Å². The van der Waals surface area contributed by atoms with Gasteiger partial charge in [0.25, 0.3) is 0 Å². The van der Waals surface area contributed by atoms with E-state index in [2.05, 4.69) is 10.2 Å². The van der Waals surface area contributed by atoms with E-state index in [1.54, 1.807) is 12.3 Å². The summed E-state index contributed by atoms with van der Waals surface area (Å²) < 4.78 is 0. The summed E-state index contributed by atoms with van der Waals surface area (Å²) in [7, 11) is 0. The van der Waals surface area contributed by atoms with Gasteiger partial charge < -0.3 is 5.11 Å². The van der Waals surface area contributed by atoms with Gasteiger partial charge in [0, 0.05) is 0 Å². The molecule has 2 rings (SSSR count). The lowest BCUT2D eigenvalue weighted by Gasteiger charge is -2.25. The Morgan fingerprint density at radius 2 is 2.31 bits per heavy atom. The molecule has 1 aromatic heterocycles. The van der Waals surface area contributed by atoms with Gasteiger partial charge >= 0.3 is 5.97 Å². The van der Waals surface area contributed by atoms with Crippen molar-refractivity contribution < 1.29 is 9.90 Å². The van der Waals surface area contributed by atoms with Gasteiger partial charge in [0.2, 0.25) is 0 Å². The summed E-state index contributed by atoms with van der Waals surface area (Å²) >= 11 is 0. The highest BCUT2D eigenvalue weighted by Gasteiger charge is 2.21. The van der Waals surface area contributed by atoms with Crippen LogP contribution >= 0.6 is 0 Å². The zero-order valence-electron chi connectivity index (χ0n) is 7.10. The van der Waals surface area contributed by atoms with E-state index >= 15 is 0 Å². The topological polar surface area (TPSA) is 63.1 Å². The van der Waals surface area contributed by atoms with Crippen molar-refractivity contribution in [1.82, 2.24) is 10.2 Å². The van der Waals surface area contributed by atoms with Crippen LogP contribution in [0.25, 0.3) is 0 Å². The van der Waals surface area contributed by atoms with E-state index in [9.17, 15) is 4.79 Å². The number of nitrogens with zero attached hydrogens (tertiary/aromatic N) is 2. The normalized spacial score (nSPS) is 16.6. The lowest BCUT2D eigenvalue weighted by Crippen LogP contribution is -2.11. The zero-order chi connectivity index (χ0) is 9.26. The fourth-order valence-corrected chi connectivity index (χ4v) is 1.45. The third kappa shape index (κ3) is 1.52. The molecule has 0 bridgehead atoms. The van der Waals surface area contributed by atoms with Gasteiger partial charge in [-0.2, -0.15) is 5.10 Å². The van der Waals surface area contributed by atoms with Crippen molar-refractivity contribution >= 4 is 5.97 Å². The Balaban J connectivity index is 2.26. The Kier molecular flexibility index (Phi) is 1.96. The number of carboxylic acid groups (broad SMARTS) is 1. The zero-order valence-corrected chi connectivity index (χ0v) is 7.10. The van der Waals surface area contributed by atoms with Crippen molar-refractivity contribution in [3.63, 3.8) is 0 Å². The summed E-state index contributed by atoms with van der Waals surface area (Å²) in [6.07, 6.45) is 5.18. The maximum atomic E-state index is 10.6. The van der Waals surface area contributed by atoms with E-state index in [0.717, 1.165) is 18.4 Å². The summed E-state index contributed by atoms with van der Waals surface area (Å²) in [5.41, 5.74) is 1.06. The van der Waals surface area contributed by atoms with Crippen LogP contribution in [0.2, 0.25) is 0 Å². The van der Waals surface area contributed by atoms with Gasteiger partial charge in [0.1, 0.15) is 0 Å². The predicted octanol–water partition coefficient (Wildman–Crippen LogP) is 1.44. The molecule has 1 heterocycles. The number of carboxylic acids is 1. The summed E-state index contributed by atoms with van der Waals surface area (Å²) in [5, 5.41) is 15.9. The summed E-state index contributed by atoms with van der Waals surface area (Å²) in [5.74, 6) is -0.498. The number of carbonyl (C=O) groups is 1. The molecule has 1 aliphatic carbocycles. The molecule has 0 aromatic carbocycles. The molecule has 0 spiro atoms. The van der Waals surface area contributed by atoms with Crippen molar-refractivity contribution in [2.24, 2.45) is 0 Å². The van der Waals surface area contributed by atoms with Gasteiger partial charge in [-0.1, -0.05) is 6.42 Å². The molecule has 1 saturated carbocycles. The van der Waals surface area contributed by atoms with Gasteiger partial charge in [-0.15, -0.1) is 5.10 Å². The van der Waals surface area contributed by atoms with Gasteiger partial charge in [0.05, 0.1) is 6.20 Å². The highest BCUT2D eigenvalue weighted by Crippen LogP contribution is 2.35. The van der Waals surface area contributed by atoms with Crippen molar-refractivity contribution in [3.8, 4) is 0 Å². The Hall–Kier alpha value is -1.45. The first-order valence-corrected chi connectivity index (χ1v) is 4.33. The fraction of sp³-hybridized carbons (Fsp3) is 0.444. The largest absolute Gasteiger partial charge is 0.476 e. The maximum Gasteiger partial charge on any atom is 0.356 e. The Bertz CT molecular complexity index is 334. The van der Waals surface area contributed by atoms with Gasteiger partial charge in [0.15, 0.2) is 5.69 Å².